The van der Waals surface area contributed by atoms with E-state index in [1.807, 2.05) is 32.9 Å². The van der Waals surface area contributed by atoms with Crippen molar-refractivity contribution in [2.24, 2.45) is 5.10 Å². The molecule has 4 rings (SSSR count). The summed E-state index contributed by atoms with van der Waals surface area (Å²) in [5.74, 6) is 0.439. The second kappa shape index (κ2) is 11.1. The minimum Gasteiger partial charge on any atom is -0.493 e. The minimum absolute atomic E-state index is 0.153. The molecule has 196 valence electrons. The van der Waals surface area contributed by atoms with Crippen LogP contribution in [-0.2, 0) is 12.0 Å². The predicted octanol–water partition coefficient (Wildman–Crippen LogP) is 6.39. The third kappa shape index (κ3) is 5.97. The highest BCUT2D eigenvalue weighted by Gasteiger charge is 2.23. The Hall–Kier alpha value is -3.50. The molecule has 0 saturated carbocycles. The lowest BCUT2D eigenvalue weighted by atomic mass is 9.95. The smallest absolute Gasteiger partial charge is 0.335 e. The van der Waals surface area contributed by atoms with Crippen molar-refractivity contribution in [3.8, 4) is 11.5 Å². The van der Waals surface area contributed by atoms with E-state index in [4.69, 9.17) is 14.5 Å². The molecule has 1 heterocycles. The van der Waals surface area contributed by atoms with Gasteiger partial charge in [0.05, 0.1) is 29.8 Å². The van der Waals surface area contributed by atoms with E-state index in [0.29, 0.717) is 43.8 Å². The summed E-state index contributed by atoms with van der Waals surface area (Å²) < 4.78 is 14.2. The Morgan fingerprint density at radius 3 is 2.55 bits per heavy atom. The molecule has 3 aromatic carbocycles. The molecule has 0 saturated heterocycles. The summed E-state index contributed by atoms with van der Waals surface area (Å²) in [4.78, 5) is 29.4. The number of methoxy groups -OCH3 is 1. The van der Waals surface area contributed by atoms with Gasteiger partial charge in [0.25, 0.3) is 5.56 Å². The monoisotopic (exact) mass is 641 g/mol. The van der Waals surface area contributed by atoms with Gasteiger partial charge >= 0.3 is 5.97 Å². The minimum atomic E-state index is -1.00. The van der Waals surface area contributed by atoms with Gasteiger partial charge in [-0.05, 0) is 64.0 Å². The number of ether oxygens (including phenoxy) is 2. The maximum absolute atomic E-state index is 13.4. The molecule has 38 heavy (non-hydrogen) atoms. The van der Waals surface area contributed by atoms with E-state index in [-0.39, 0.29) is 17.7 Å². The standard InChI is InChI=1S/C28H25Br2N3O5/c1-28(2,3)27-32-22-9-8-19(29)12-20(22)25(34)33(27)31-14-18-11-23(37-4)24(13-21(18)30)38-15-16-6-5-7-17(10-16)26(35)36/h5-14H,15H2,1-4H3,(H,35,36). The first-order valence-electron chi connectivity index (χ1n) is 11.6. The van der Waals surface area contributed by atoms with Crippen LogP contribution in [0.15, 0.2) is 73.4 Å². The molecule has 4 aromatic rings. The third-order valence-electron chi connectivity index (χ3n) is 5.64. The van der Waals surface area contributed by atoms with Crippen LogP contribution < -0.4 is 15.0 Å². The van der Waals surface area contributed by atoms with Gasteiger partial charge < -0.3 is 14.6 Å². The van der Waals surface area contributed by atoms with Gasteiger partial charge in [-0.2, -0.15) is 9.78 Å². The van der Waals surface area contributed by atoms with Crippen molar-refractivity contribution in [2.75, 3.05) is 7.11 Å². The number of benzene rings is 3. The van der Waals surface area contributed by atoms with Crippen LogP contribution in [0.4, 0.5) is 0 Å². The second-order valence-corrected chi connectivity index (χ2v) is 11.3. The lowest BCUT2D eigenvalue weighted by Gasteiger charge is -2.21. The molecule has 1 aromatic heterocycles. The lowest BCUT2D eigenvalue weighted by Crippen LogP contribution is -2.29. The normalized spacial score (nSPS) is 11.7. The summed E-state index contributed by atoms with van der Waals surface area (Å²) in [5, 5.41) is 14.2. The van der Waals surface area contributed by atoms with E-state index < -0.39 is 11.4 Å². The van der Waals surface area contributed by atoms with Crippen LogP contribution in [0.3, 0.4) is 0 Å². The average Bonchev–Trinajstić information content (AvgIpc) is 2.87. The van der Waals surface area contributed by atoms with Crippen LogP contribution in [0, 0.1) is 0 Å². The van der Waals surface area contributed by atoms with E-state index in [1.165, 1.54) is 17.9 Å². The van der Waals surface area contributed by atoms with Crippen LogP contribution in [0.25, 0.3) is 10.9 Å². The molecule has 8 nitrogen and oxygen atoms in total. The molecule has 1 N–H and O–H groups in total. The van der Waals surface area contributed by atoms with Crippen LogP contribution in [0.2, 0.25) is 0 Å². The van der Waals surface area contributed by atoms with Gasteiger partial charge in [-0.25, -0.2) is 9.78 Å². The zero-order chi connectivity index (χ0) is 27.6. The number of aromatic nitrogens is 2. The Bertz CT molecular complexity index is 1620. The SMILES string of the molecule is COc1cc(C=Nn2c(C(C)(C)C)nc3ccc(Br)cc3c2=O)c(Br)cc1OCc1cccc(C(=O)O)c1. The summed E-state index contributed by atoms with van der Waals surface area (Å²) >= 11 is 6.98. The highest BCUT2D eigenvalue weighted by molar-refractivity contribution is 9.10. The Labute approximate surface area is 236 Å². The van der Waals surface area contributed by atoms with Gasteiger partial charge in [0.2, 0.25) is 0 Å². The Kier molecular flexibility index (Phi) is 8.03. The largest absolute Gasteiger partial charge is 0.493 e. The first-order valence-corrected chi connectivity index (χ1v) is 13.2. The number of carbonyl (C=O) groups is 1. The molecule has 0 aliphatic heterocycles. The van der Waals surface area contributed by atoms with Gasteiger partial charge in [0.15, 0.2) is 11.5 Å². The number of rotatable bonds is 7. The predicted molar refractivity (Wildman–Crippen MR) is 154 cm³/mol. The fraction of sp³-hybridized carbons (Fsp3) is 0.214. The number of hydrogen-bond acceptors (Lipinski definition) is 6. The van der Waals surface area contributed by atoms with Gasteiger partial charge in [-0.15, -0.1) is 0 Å². The van der Waals surface area contributed by atoms with Crippen molar-refractivity contribution in [3.63, 3.8) is 0 Å². The first kappa shape index (κ1) is 27.5. The lowest BCUT2D eigenvalue weighted by molar-refractivity contribution is 0.0696. The Morgan fingerprint density at radius 2 is 1.87 bits per heavy atom. The fourth-order valence-corrected chi connectivity index (χ4v) is 4.52. The first-order chi connectivity index (χ1) is 18.0. The summed E-state index contributed by atoms with van der Waals surface area (Å²) in [6.45, 7) is 6.08. The van der Waals surface area contributed by atoms with Crippen molar-refractivity contribution >= 4 is 54.9 Å². The molecular weight excluding hydrogens is 618 g/mol. The maximum atomic E-state index is 13.4. The van der Waals surface area contributed by atoms with E-state index >= 15 is 0 Å². The zero-order valence-electron chi connectivity index (χ0n) is 21.2. The number of hydrogen-bond donors (Lipinski definition) is 1. The number of carboxylic acid groups (broad SMARTS) is 1. The third-order valence-corrected chi connectivity index (χ3v) is 6.82. The zero-order valence-corrected chi connectivity index (χ0v) is 24.3. The summed E-state index contributed by atoms with van der Waals surface area (Å²) in [6.07, 6.45) is 1.56. The molecule has 10 heteroatoms. The topological polar surface area (TPSA) is 103 Å². The van der Waals surface area contributed by atoms with Gasteiger partial charge in [-0.1, -0.05) is 48.8 Å². The van der Waals surface area contributed by atoms with Gasteiger partial charge in [0, 0.05) is 19.9 Å². The maximum Gasteiger partial charge on any atom is 0.335 e. The molecular formula is C28H25Br2N3O5. The summed E-state index contributed by atoms with van der Waals surface area (Å²) in [6, 6.07) is 15.4. The molecule has 0 bridgehead atoms. The van der Waals surface area contributed by atoms with Crippen molar-refractivity contribution in [3.05, 3.63) is 96.4 Å². The molecule has 0 atom stereocenters. The molecule has 0 spiro atoms. The highest BCUT2D eigenvalue weighted by atomic mass is 79.9. The van der Waals surface area contributed by atoms with Crippen LogP contribution in [0.1, 0.15) is 48.1 Å². The number of aromatic carboxylic acids is 1. The molecule has 0 aliphatic rings. The summed E-state index contributed by atoms with van der Waals surface area (Å²) in [7, 11) is 1.52. The van der Waals surface area contributed by atoms with Crippen molar-refractivity contribution < 1.29 is 19.4 Å². The molecule has 0 fully saturated rings. The molecule has 0 radical (unpaired) electrons. The van der Waals surface area contributed by atoms with E-state index in [0.717, 1.165) is 4.47 Å². The van der Waals surface area contributed by atoms with Crippen LogP contribution in [0.5, 0.6) is 11.5 Å². The van der Waals surface area contributed by atoms with Crippen molar-refractivity contribution in [1.82, 2.24) is 9.66 Å². The van der Waals surface area contributed by atoms with Crippen molar-refractivity contribution in [1.29, 1.82) is 0 Å². The Morgan fingerprint density at radius 1 is 1.11 bits per heavy atom. The molecule has 0 amide bonds. The summed E-state index contributed by atoms with van der Waals surface area (Å²) in [5.41, 5.74) is 1.44. The highest BCUT2D eigenvalue weighted by Crippen LogP contribution is 2.34. The quantitative estimate of drug-likeness (QED) is 0.235. The van der Waals surface area contributed by atoms with Crippen LogP contribution in [-0.4, -0.2) is 34.1 Å². The average molecular weight is 643 g/mol. The van der Waals surface area contributed by atoms with E-state index in [9.17, 15) is 14.7 Å². The van der Waals surface area contributed by atoms with Gasteiger partial charge in [0.1, 0.15) is 12.4 Å². The van der Waals surface area contributed by atoms with Crippen molar-refractivity contribution in [2.45, 2.75) is 32.8 Å². The number of nitrogens with zero attached hydrogens (tertiary/aromatic N) is 3. The molecule has 0 aliphatic carbocycles. The number of fused-ring (bicyclic) bond motifs is 1. The van der Waals surface area contributed by atoms with Crippen LogP contribution >= 0.6 is 31.9 Å². The Balaban J connectivity index is 1.69. The van der Waals surface area contributed by atoms with Gasteiger partial charge in [-0.3, -0.25) is 4.79 Å². The number of halogens is 2. The molecule has 0 unspecified atom stereocenters. The van der Waals surface area contributed by atoms with E-state index in [2.05, 4.69) is 37.0 Å². The van der Waals surface area contributed by atoms with E-state index in [1.54, 1.807) is 42.6 Å². The second-order valence-electron chi connectivity index (χ2n) is 9.53. The number of carboxylic acids is 1. The fourth-order valence-electron chi connectivity index (χ4n) is 3.74.